The number of hydrazine groups is 1. The van der Waals surface area contributed by atoms with E-state index in [4.69, 9.17) is 9.47 Å². The first kappa shape index (κ1) is 14.9. The van der Waals surface area contributed by atoms with Crippen LogP contribution in [0.2, 0.25) is 0 Å². The molecule has 20 heavy (non-hydrogen) atoms. The summed E-state index contributed by atoms with van der Waals surface area (Å²) >= 11 is 0. The third kappa shape index (κ3) is 3.33. The summed E-state index contributed by atoms with van der Waals surface area (Å²) < 4.78 is 10.5. The monoisotopic (exact) mass is 285 g/mol. The number of piperidine rings is 1. The zero-order valence-corrected chi connectivity index (χ0v) is 12.3. The highest BCUT2D eigenvalue weighted by Gasteiger charge is 2.45. The van der Waals surface area contributed by atoms with Crippen LogP contribution in [0.15, 0.2) is 0 Å². The minimum atomic E-state index is -0.441. The Kier molecular flexibility index (Phi) is 4.69. The second kappa shape index (κ2) is 6.30. The molecule has 2 atom stereocenters. The number of hydrogen-bond acceptors (Lipinski definition) is 5. The molecule has 2 amide bonds. The van der Waals surface area contributed by atoms with Crippen molar-refractivity contribution in [1.82, 2.24) is 15.3 Å². The third-order valence-electron chi connectivity index (χ3n) is 3.76. The number of amides is 2. The molecule has 2 fully saturated rings. The zero-order chi connectivity index (χ0) is 14.7. The van der Waals surface area contributed by atoms with Crippen molar-refractivity contribution in [2.24, 2.45) is 0 Å². The summed E-state index contributed by atoms with van der Waals surface area (Å²) in [5, 5.41) is 1.55. The third-order valence-corrected chi connectivity index (χ3v) is 3.76. The summed E-state index contributed by atoms with van der Waals surface area (Å²) in [5.41, 5.74) is 2.56. The Hall–Kier alpha value is -1.50. The highest BCUT2D eigenvalue weighted by Crippen LogP contribution is 2.37. The molecule has 0 aromatic heterocycles. The van der Waals surface area contributed by atoms with E-state index in [1.54, 1.807) is 26.0 Å². The highest BCUT2D eigenvalue weighted by atomic mass is 16.6. The molecular formula is C13H23N3O4. The van der Waals surface area contributed by atoms with Gasteiger partial charge in [0.25, 0.3) is 0 Å². The molecule has 7 nitrogen and oxygen atoms in total. The quantitative estimate of drug-likeness (QED) is 0.792. The molecule has 0 saturated carbocycles. The van der Waals surface area contributed by atoms with Gasteiger partial charge in [-0.25, -0.2) is 14.6 Å². The van der Waals surface area contributed by atoms with Gasteiger partial charge < -0.3 is 14.4 Å². The van der Waals surface area contributed by atoms with E-state index in [-0.39, 0.29) is 24.3 Å². The van der Waals surface area contributed by atoms with Gasteiger partial charge in [0.05, 0.1) is 6.61 Å². The molecule has 2 aliphatic rings. The average Bonchev–Trinajstić information content (AvgIpc) is 2.60. The van der Waals surface area contributed by atoms with Crippen molar-refractivity contribution in [3.05, 3.63) is 0 Å². The van der Waals surface area contributed by atoms with Crippen molar-refractivity contribution in [2.45, 2.75) is 50.8 Å². The maximum Gasteiger partial charge on any atom is 0.422 e. The summed E-state index contributed by atoms with van der Waals surface area (Å²) in [5.74, 6) is 0. The Labute approximate surface area is 119 Å². The molecule has 1 N–H and O–H groups in total. The van der Waals surface area contributed by atoms with E-state index >= 15 is 0 Å². The predicted molar refractivity (Wildman–Crippen MR) is 72.0 cm³/mol. The van der Waals surface area contributed by atoms with Crippen LogP contribution in [0.5, 0.6) is 0 Å². The molecule has 2 aliphatic heterocycles. The number of hydrogen-bond donors (Lipinski definition) is 1. The van der Waals surface area contributed by atoms with Gasteiger partial charge in [-0.3, -0.25) is 5.43 Å². The molecular weight excluding hydrogens is 262 g/mol. The van der Waals surface area contributed by atoms with Gasteiger partial charge in [-0.15, -0.1) is 0 Å². The van der Waals surface area contributed by atoms with E-state index in [2.05, 4.69) is 5.43 Å². The zero-order valence-electron chi connectivity index (χ0n) is 12.3. The molecule has 0 aromatic rings. The van der Waals surface area contributed by atoms with Crippen LogP contribution in [-0.4, -0.2) is 61.0 Å². The Morgan fingerprint density at radius 2 is 1.85 bits per heavy atom. The molecule has 0 aliphatic carbocycles. The van der Waals surface area contributed by atoms with Gasteiger partial charge in [0.2, 0.25) is 0 Å². The normalized spacial score (nSPS) is 28.4. The van der Waals surface area contributed by atoms with Crippen LogP contribution in [0.3, 0.4) is 0 Å². The summed E-state index contributed by atoms with van der Waals surface area (Å²) in [6.07, 6.45) is 2.49. The lowest BCUT2D eigenvalue weighted by Gasteiger charge is -2.37. The molecule has 2 unspecified atom stereocenters. The van der Waals surface area contributed by atoms with E-state index in [0.717, 1.165) is 12.8 Å². The van der Waals surface area contributed by atoms with Crippen LogP contribution in [0, 0.1) is 0 Å². The van der Waals surface area contributed by atoms with Gasteiger partial charge in [-0.1, -0.05) is 0 Å². The fraction of sp³-hybridized carbons (Fsp3) is 0.846. The van der Waals surface area contributed by atoms with Crippen molar-refractivity contribution in [1.29, 1.82) is 0 Å². The van der Waals surface area contributed by atoms with Crippen molar-refractivity contribution in [3.63, 3.8) is 0 Å². The minimum Gasteiger partial charge on any atom is -0.450 e. The molecule has 0 spiro atoms. The van der Waals surface area contributed by atoms with Gasteiger partial charge in [0, 0.05) is 39.0 Å². The van der Waals surface area contributed by atoms with Gasteiger partial charge >= 0.3 is 12.2 Å². The minimum absolute atomic E-state index is 0.127. The van der Waals surface area contributed by atoms with E-state index in [0.29, 0.717) is 19.4 Å². The summed E-state index contributed by atoms with van der Waals surface area (Å²) in [4.78, 5) is 25.3. The lowest BCUT2D eigenvalue weighted by atomic mass is 10.0. The fourth-order valence-electron chi connectivity index (χ4n) is 3.08. The molecule has 0 radical (unpaired) electrons. The van der Waals surface area contributed by atoms with E-state index in [1.165, 1.54) is 0 Å². The molecule has 114 valence electrons. The van der Waals surface area contributed by atoms with E-state index in [9.17, 15) is 9.59 Å². The van der Waals surface area contributed by atoms with Crippen molar-refractivity contribution >= 4 is 12.2 Å². The summed E-state index contributed by atoms with van der Waals surface area (Å²) in [6.45, 7) is 2.20. The largest absolute Gasteiger partial charge is 0.450 e. The lowest BCUT2D eigenvalue weighted by molar-refractivity contribution is 0.00924. The van der Waals surface area contributed by atoms with Crippen molar-refractivity contribution in [3.8, 4) is 0 Å². The standard InChI is InChI=1S/C13H23N3O4/c1-4-19-13(18)16-9-5-6-10(16)8-11(7-9)20-12(17)14-15(2)3/h9-11H,4-8H2,1-3H3,(H,14,17). The molecule has 2 saturated heterocycles. The maximum absolute atomic E-state index is 11.9. The van der Waals surface area contributed by atoms with Crippen LogP contribution < -0.4 is 5.43 Å². The first-order valence-corrected chi connectivity index (χ1v) is 7.11. The molecule has 0 aromatic carbocycles. The maximum atomic E-state index is 11.9. The Morgan fingerprint density at radius 1 is 1.25 bits per heavy atom. The fourth-order valence-corrected chi connectivity index (χ4v) is 3.08. The predicted octanol–water partition coefficient (Wildman–Crippen LogP) is 1.34. The summed E-state index contributed by atoms with van der Waals surface area (Å²) in [7, 11) is 3.46. The van der Waals surface area contributed by atoms with Crippen LogP contribution in [0.4, 0.5) is 9.59 Å². The van der Waals surface area contributed by atoms with Gasteiger partial charge in [-0.05, 0) is 19.8 Å². The van der Waals surface area contributed by atoms with Crippen LogP contribution in [0.25, 0.3) is 0 Å². The number of carbonyl (C=O) groups is 2. The Bertz CT molecular complexity index is 361. The second-order valence-corrected chi connectivity index (χ2v) is 5.50. The topological polar surface area (TPSA) is 71.1 Å². The highest BCUT2D eigenvalue weighted by molar-refractivity contribution is 5.69. The number of ether oxygens (including phenoxy) is 2. The van der Waals surface area contributed by atoms with Crippen molar-refractivity contribution < 1.29 is 19.1 Å². The van der Waals surface area contributed by atoms with Crippen LogP contribution in [-0.2, 0) is 9.47 Å². The number of fused-ring (bicyclic) bond motifs is 2. The Morgan fingerprint density at radius 3 is 2.35 bits per heavy atom. The first-order valence-electron chi connectivity index (χ1n) is 7.11. The number of carbonyl (C=O) groups excluding carboxylic acids is 2. The van der Waals surface area contributed by atoms with Crippen LogP contribution >= 0.6 is 0 Å². The smallest absolute Gasteiger partial charge is 0.422 e. The average molecular weight is 285 g/mol. The van der Waals surface area contributed by atoms with Crippen molar-refractivity contribution in [2.75, 3.05) is 20.7 Å². The lowest BCUT2D eigenvalue weighted by Crippen LogP contribution is -2.50. The summed E-state index contributed by atoms with van der Waals surface area (Å²) in [6, 6.07) is 0.259. The number of nitrogens with one attached hydrogen (secondary N) is 1. The van der Waals surface area contributed by atoms with Gasteiger partial charge in [-0.2, -0.15) is 0 Å². The molecule has 2 bridgehead atoms. The molecule has 2 rings (SSSR count). The number of rotatable bonds is 3. The second-order valence-electron chi connectivity index (χ2n) is 5.50. The van der Waals surface area contributed by atoms with E-state index < -0.39 is 6.09 Å². The van der Waals surface area contributed by atoms with E-state index in [1.807, 2.05) is 4.90 Å². The first-order chi connectivity index (χ1) is 9.51. The SMILES string of the molecule is CCOC(=O)N1C2CCC1CC(OC(=O)NN(C)C)C2. The van der Waals surface area contributed by atoms with Gasteiger partial charge in [0.1, 0.15) is 6.10 Å². The number of nitrogens with zero attached hydrogens (tertiary/aromatic N) is 2. The van der Waals surface area contributed by atoms with Crippen LogP contribution in [0.1, 0.15) is 32.6 Å². The Balaban J connectivity index is 1.89. The molecule has 7 heteroatoms. The molecule has 2 heterocycles. The van der Waals surface area contributed by atoms with Gasteiger partial charge in [0.15, 0.2) is 0 Å².